The Morgan fingerprint density at radius 2 is 1.86 bits per heavy atom. The highest BCUT2D eigenvalue weighted by molar-refractivity contribution is 5.94. The molecule has 0 radical (unpaired) electrons. The van der Waals surface area contributed by atoms with Gasteiger partial charge in [0.25, 0.3) is 5.91 Å². The van der Waals surface area contributed by atoms with E-state index < -0.39 is 0 Å². The predicted octanol–water partition coefficient (Wildman–Crippen LogP) is 1.58. The van der Waals surface area contributed by atoms with E-state index in [-0.39, 0.29) is 19.1 Å². The van der Waals surface area contributed by atoms with Crippen LogP contribution in [0.3, 0.4) is 0 Å². The number of carbonyl (C=O) groups is 1. The normalized spacial score (nSPS) is 16.5. The molecule has 1 aromatic carbocycles. The third kappa shape index (κ3) is 4.00. The standard InChI is InChI=1S/C21H26N4O3/c26-12-9-22-20(27)16-7-5-15(6-8-16)19-17-3-1-2-4-18(17)23-21(24-19)25-10-13-28-14-11-25/h5-8,26H,1-4,9-14H2,(H,22,27). The smallest absolute Gasteiger partial charge is 0.251 e. The zero-order valence-electron chi connectivity index (χ0n) is 16.0. The Morgan fingerprint density at radius 3 is 2.61 bits per heavy atom. The molecule has 0 atom stereocenters. The molecule has 2 heterocycles. The van der Waals surface area contributed by atoms with Crippen molar-refractivity contribution in [3.63, 3.8) is 0 Å². The fourth-order valence-electron chi connectivity index (χ4n) is 3.78. The fourth-order valence-corrected chi connectivity index (χ4v) is 3.78. The summed E-state index contributed by atoms with van der Waals surface area (Å²) in [5, 5.41) is 11.5. The van der Waals surface area contributed by atoms with E-state index in [0.29, 0.717) is 18.8 Å². The third-order valence-electron chi connectivity index (χ3n) is 5.28. The first-order valence-electron chi connectivity index (χ1n) is 9.98. The van der Waals surface area contributed by atoms with Gasteiger partial charge in [-0.3, -0.25) is 4.79 Å². The van der Waals surface area contributed by atoms with Gasteiger partial charge < -0.3 is 20.1 Å². The molecule has 2 aromatic rings. The van der Waals surface area contributed by atoms with Crippen molar-refractivity contribution in [1.29, 1.82) is 0 Å². The van der Waals surface area contributed by atoms with Crippen LogP contribution in [0.15, 0.2) is 24.3 Å². The summed E-state index contributed by atoms with van der Waals surface area (Å²) in [5.41, 5.74) is 4.96. The van der Waals surface area contributed by atoms with Gasteiger partial charge in [-0.05, 0) is 37.8 Å². The Hall–Kier alpha value is -2.51. The monoisotopic (exact) mass is 382 g/mol. The quantitative estimate of drug-likeness (QED) is 0.816. The summed E-state index contributed by atoms with van der Waals surface area (Å²) in [6.45, 7) is 3.20. The predicted molar refractivity (Wildman–Crippen MR) is 107 cm³/mol. The van der Waals surface area contributed by atoms with Gasteiger partial charge in [-0.25, -0.2) is 9.97 Å². The van der Waals surface area contributed by atoms with Crippen molar-refractivity contribution in [1.82, 2.24) is 15.3 Å². The third-order valence-corrected chi connectivity index (χ3v) is 5.28. The number of amides is 1. The Balaban J connectivity index is 1.66. The number of morpholine rings is 1. The van der Waals surface area contributed by atoms with E-state index in [4.69, 9.17) is 19.8 Å². The van der Waals surface area contributed by atoms with E-state index in [9.17, 15) is 4.79 Å². The van der Waals surface area contributed by atoms with Gasteiger partial charge in [0.1, 0.15) is 0 Å². The maximum atomic E-state index is 12.1. The highest BCUT2D eigenvalue weighted by atomic mass is 16.5. The molecule has 1 fully saturated rings. The number of anilines is 1. The summed E-state index contributed by atoms with van der Waals surface area (Å²) >= 11 is 0. The minimum atomic E-state index is -0.181. The molecule has 1 saturated heterocycles. The lowest BCUT2D eigenvalue weighted by Crippen LogP contribution is -2.37. The number of rotatable bonds is 5. The van der Waals surface area contributed by atoms with E-state index in [0.717, 1.165) is 61.7 Å². The molecule has 0 unspecified atom stereocenters. The minimum absolute atomic E-state index is 0.0682. The second-order valence-electron chi connectivity index (χ2n) is 7.16. The Labute approximate surface area is 164 Å². The van der Waals surface area contributed by atoms with Crippen LogP contribution in [0.25, 0.3) is 11.3 Å². The van der Waals surface area contributed by atoms with Crippen LogP contribution in [0.2, 0.25) is 0 Å². The molecule has 1 aliphatic heterocycles. The molecule has 1 amide bonds. The van der Waals surface area contributed by atoms with Gasteiger partial charge >= 0.3 is 0 Å². The Bertz CT molecular complexity index is 832. The number of carbonyl (C=O) groups excluding carboxylic acids is 1. The van der Waals surface area contributed by atoms with Crippen LogP contribution in [0.4, 0.5) is 5.95 Å². The number of fused-ring (bicyclic) bond motifs is 1. The average Bonchev–Trinajstić information content (AvgIpc) is 2.77. The number of hydrogen-bond acceptors (Lipinski definition) is 6. The van der Waals surface area contributed by atoms with Crippen molar-refractivity contribution in [2.75, 3.05) is 44.4 Å². The largest absolute Gasteiger partial charge is 0.395 e. The van der Waals surface area contributed by atoms with Crippen LogP contribution >= 0.6 is 0 Å². The second kappa shape index (κ2) is 8.67. The lowest BCUT2D eigenvalue weighted by molar-refractivity contribution is 0.0945. The van der Waals surface area contributed by atoms with Gasteiger partial charge in [0.15, 0.2) is 0 Å². The first-order valence-corrected chi connectivity index (χ1v) is 9.98. The number of benzene rings is 1. The number of nitrogens with zero attached hydrogens (tertiary/aromatic N) is 3. The zero-order chi connectivity index (χ0) is 19.3. The summed E-state index contributed by atoms with van der Waals surface area (Å²) in [6, 6.07) is 7.53. The SMILES string of the molecule is O=C(NCCO)c1ccc(-c2nc(N3CCOCC3)nc3c2CCCC3)cc1. The van der Waals surface area contributed by atoms with Gasteiger partial charge in [0.2, 0.25) is 5.95 Å². The molecule has 7 heteroatoms. The summed E-state index contributed by atoms with van der Waals surface area (Å²) in [5.74, 6) is 0.600. The lowest BCUT2D eigenvalue weighted by atomic mass is 9.92. The Morgan fingerprint density at radius 1 is 1.11 bits per heavy atom. The van der Waals surface area contributed by atoms with Crippen molar-refractivity contribution in [2.24, 2.45) is 0 Å². The molecular weight excluding hydrogens is 356 g/mol. The molecular formula is C21H26N4O3. The molecule has 1 aliphatic carbocycles. The first-order chi connectivity index (χ1) is 13.8. The number of aromatic nitrogens is 2. The van der Waals surface area contributed by atoms with Crippen LogP contribution in [0.5, 0.6) is 0 Å². The molecule has 0 bridgehead atoms. The number of nitrogens with one attached hydrogen (secondary N) is 1. The van der Waals surface area contributed by atoms with E-state index in [1.807, 2.05) is 24.3 Å². The zero-order valence-corrected chi connectivity index (χ0v) is 16.0. The highest BCUT2D eigenvalue weighted by Gasteiger charge is 2.22. The number of aryl methyl sites for hydroxylation is 1. The van der Waals surface area contributed by atoms with Crippen LogP contribution in [0, 0.1) is 0 Å². The van der Waals surface area contributed by atoms with Crippen molar-refractivity contribution in [2.45, 2.75) is 25.7 Å². The van der Waals surface area contributed by atoms with E-state index in [2.05, 4.69) is 10.2 Å². The molecule has 2 aliphatic rings. The topological polar surface area (TPSA) is 87.6 Å². The molecule has 0 spiro atoms. The van der Waals surface area contributed by atoms with Gasteiger partial charge in [-0.1, -0.05) is 12.1 Å². The summed E-state index contributed by atoms with van der Waals surface area (Å²) < 4.78 is 5.46. The first kappa shape index (κ1) is 18.8. The maximum Gasteiger partial charge on any atom is 0.251 e. The number of aliphatic hydroxyl groups excluding tert-OH is 1. The Kier molecular flexibility index (Phi) is 5.83. The van der Waals surface area contributed by atoms with E-state index in [1.54, 1.807) is 0 Å². The molecule has 2 N–H and O–H groups in total. The number of aliphatic hydroxyl groups is 1. The summed E-state index contributed by atoms with van der Waals surface area (Å²) in [4.78, 5) is 24.1. The molecule has 4 rings (SSSR count). The van der Waals surface area contributed by atoms with Crippen molar-refractivity contribution < 1.29 is 14.6 Å². The summed E-state index contributed by atoms with van der Waals surface area (Å²) in [6.07, 6.45) is 4.30. The van der Waals surface area contributed by atoms with Crippen LogP contribution < -0.4 is 10.2 Å². The highest BCUT2D eigenvalue weighted by Crippen LogP contribution is 2.31. The van der Waals surface area contributed by atoms with Gasteiger partial charge in [-0.15, -0.1) is 0 Å². The van der Waals surface area contributed by atoms with Gasteiger partial charge in [0, 0.05) is 42.0 Å². The van der Waals surface area contributed by atoms with E-state index in [1.165, 1.54) is 5.56 Å². The van der Waals surface area contributed by atoms with Crippen molar-refractivity contribution in [3.05, 3.63) is 41.1 Å². The lowest BCUT2D eigenvalue weighted by Gasteiger charge is -2.29. The van der Waals surface area contributed by atoms with Gasteiger partial charge in [0.05, 0.1) is 25.5 Å². The van der Waals surface area contributed by atoms with E-state index >= 15 is 0 Å². The minimum Gasteiger partial charge on any atom is -0.395 e. The molecule has 0 saturated carbocycles. The molecule has 28 heavy (non-hydrogen) atoms. The average molecular weight is 382 g/mol. The number of hydrogen-bond donors (Lipinski definition) is 2. The van der Waals surface area contributed by atoms with Gasteiger partial charge in [-0.2, -0.15) is 0 Å². The van der Waals surface area contributed by atoms with Crippen molar-refractivity contribution >= 4 is 11.9 Å². The molecule has 7 nitrogen and oxygen atoms in total. The fraction of sp³-hybridized carbons (Fsp3) is 0.476. The summed E-state index contributed by atoms with van der Waals surface area (Å²) in [7, 11) is 0. The molecule has 148 valence electrons. The number of ether oxygens (including phenoxy) is 1. The second-order valence-corrected chi connectivity index (χ2v) is 7.16. The van der Waals surface area contributed by atoms with Crippen LogP contribution in [0.1, 0.15) is 34.5 Å². The molecule has 1 aromatic heterocycles. The van der Waals surface area contributed by atoms with Crippen LogP contribution in [-0.2, 0) is 17.6 Å². The maximum absolute atomic E-state index is 12.1. The van der Waals surface area contributed by atoms with Crippen LogP contribution in [-0.4, -0.2) is 60.4 Å². The van der Waals surface area contributed by atoms with Crippen molar-refractivity contribution in [3.8, 4) is 11.3 Å².